The molecular formula is C20H21FN4O2S. The fourth-order valence-corrected chi connectivity index (χ4v) is 4.93. The number of rotatable bonds is 5. The van der Waals surface area contributed by atoms with E-state index in [4.69, 9.17) is 4.98 Å². The van der Waals surface area contributed by atoms with Crippen LogP contribution >= 0.6 is 0 Å². The number of sulfonamides is 1. The van der Waals surface area contributed by atoms with Crippen molar-refractivity contribution in [1.82, 2.24) is 19.5 Å². The van der Waals surface area contributed by atoms with E-state index in [9.17, 15) is 12.8 Å². The fraction of sp³-hybridized carbons (Fsp3) is 0.300. The number of hydrogen-bond acceptors (Lipinski definition) is 4. The van der Waals surface area contributed by atoms with Gasteiger partial charge in [-0.2, -0.15) is 9.40 Å². The summed E-state index contributed by atoms with van der Waals surface area (Å²) in [6, 6.07) is 12.4. The number of H-pyrrole nitrogens is 1. The topological polar surface area (TPSA) is 79.0 Å². The third-order valence-corrected chi connectivity index (χ3v) is 6.97. The van der Waals surface area contributed by atoms with Gasteiger partial charge in [0.15, 0.2) is 0 Å². The average Bonchev–Trinajstić information content (AvgIpc) is 3.26. The predicted molar refractivity (Wildman–Crippen MR) is 103 cm³/mol. The molecule has 3 aromatic rings. The summed E-state index contributed by atoms with van der Waals surface area (Å²) in [7, 11) is -3.49. The smallest absolute Gasteiger partial charge is 0.246 e. The Labute approximate surface area is 163 Å². The number of nitrogens with zero attached hydrogens (tertiary/aromatic N) is 3. The standard InChI is InChI=1S/C20H21FN4O2S/c21-17-6-4-15(5-7-17)12-18-2-1-3-20(24-18)16-8-10-25(11-9-16)28(26,27)19-13-22-23-14-19/h1-7,13-14,16H,8-12H2,(H,22,23). The summed E-state index contributed by atoms with van der Waals surface area (Å²) >= 11 is 0. The van der Waals surface area contributed by atoms with E-state index in [1.807, 2.05) is 18.2 Å². The Morgan fingerprint density at radius 3 is 2.54 bits per heavy atom. The van der Waals surface area contributed by atoms with Crippen LogP contribution in [0.15, 0.2) is 59.8 Å². The van der Waals surface area contributed by atoms with Crippen LogP contribution in [-0.2, 0) is 16.4 Å². The van der Waals surface area contributed by atoms with Crippen LogP contribution in [0.4, 0.5) is 4.39 Å². The number of benzene rings is 1. The zero-order chi connectivity index (χ0) is 19.6. The Bertz CT molecular complexity index is 1030. The van der Waals surface area contributed by atoms with Gasteiger partial charge in [0.2, 0.25) is 10.0 Å². The number of aromatic amines is 1. The Morgan fingerprint density at radius 2 is 1.86 bits per heavy atom. The number of piperidine rings is 1. The van der Waals surface area contributed by atoms with Gasteiger partial charge in [-0.3, -0.25) is 10.1 Å². The molecule has 0 amide bonds. The van der Waals surface area contributed by atoms with Crippen LogP contribution in [0.3, 0.4) is 0 Å². The first kappa shape index (κ1) is 18.8. The maximum Gasteiger partial charge on any atom is 0.246 e. The molecule has 0 spiro atoms. The number of nitrogens with one attached hydrogen (secondary N) is 1. The summed E-state index contributed by atoms with van der Waals surface area (Å²) in [6.07, 6.45) is 4.83. The second kappa shape index (κ2) is 7.81. The summed E-state index contributed by atoms with van der Waals surface area (Å²) in [6.45, 7) is 0.921. The van der Waals surface area contributed by atoms with Crippen molar-refractivity contribution >= 4 is 10.0 Å². The van der Waals surface area contributed by atoms with Crippen LogP contribution in [0.5, 0.6) is 0 Å². The van der Waals surface area contributed by atoms with Crippen molar-refractivity contribution in [2.75, 3.05) is 13.1 Å². The SMILES string of the molecule is O=S(=O)(c1cn[nH]c1)N1CCC(c2cccc(Cc3ccc(F)cc3)n2)CC1. The molecule has 1 fully saturated rings. The van der Waals surface area contributed by atoms with Crippen molar-refractivity contribution in [2.45, 2.75) is 30.1 Å². The lowest BCUT2D eigenvalue weighted by molar-refractivity contribution is 0.316. The first-order valence-corrected chi connectivity index (χ1v) is 10.7. The van der Waals surface area contributed by atoms with Crippen molar-refractivity contribution in [3.05, 3.63) is 77.6 Å². The first-order valence-electron chi connectivity index (χ1n) is 9.21. The molecule has 1 aromatic carbocycles. The molecule has 28 heavy (non-hydrogen) atoms. The van der Waals surface area contributed by atoms with Crippen molar-refractivity contribution in [2.24, 2.45) is 0 Å². The fourth-order valence-electron chi connectivity index (χ4n) is 3.56. The van der Waals surface area contributed by atoms with Crippen molar-refractivity contribution < 1.29 is 12.8 Å². The lowest BCUT2D eigenvalue weighted by Crippen LogP contribution is -2.37. The van der Waals surface area contributed by atoms with Crippen LogP contribution in [0.1, 0.15) is 35.7 Å². The molecule has 4 rings (SSSR count). The molecule has 0 atom stereocenters. The zero-order valence-electron chi connectivity index (χ0n) is 15.3. The number of hydrogen-bond donors (Lipinski definition) is 1. The minimum Gasteiger partial charge on any atom is -0.284 e. The van der Waals surface area contributed by atoms with Gasteiger partial charge in [-0.1, -0.05) is 18.2 Å². The molecule has 0 unspecified atom stereocenters. The normalized spacial score (nSPS) is 16.3. The largest absolute Gasteiger partial charge is 0.284 e. The monoisotopic (exact) mass is 400 g/mol. The van der Waals surface area contributed by atoms with Crippen molar-refractivity contribution in [1.29, 1.82) is 0 Å². The van der Waals surface area contributed by atoms with E-state index >= 15 is 0 Å². The lowest BCUT2D eigenvalue weighted by Gasteiger charge is -2.30. The summed E-state index contributed by atoms with van der Waals surface area (Å²) in [5, 5.41) is 6.29. The Balaban J connectivity index is 1.43. The van der Waals surface area contributed by atoms with Crippen molar-refractivity contribution in [3.8, 4) is 0 Å². The quantitative estimate of drug-likeness (QED) is 0.714. The van der Waals surface area contributed by atoms with Gasteiger partial charge in [0, 0.05) is 43.0 Å². The number of halogens is 1. The van der Waals surface area contributed by atoms with Crippen LogP contribution in [-0.4, -0.2) is 41.0 Å². The highest BCUT2D eigenvalue weighted by atomic mass is 32.2. The second-order valence-electron chi connectivity index (χ2n) is 6.97. The molecular weight excluding hydrogens is 379 g/mol. The lowest BCUT2D eigenvalue weighted by atomic mass is 9.94. The molecule has 146 valence electrons. The molecule has 0 radical (unpaired) electrons. The van der Waals surface area contributed by atoms with Crippen molar-refractivity contribution in [3.63, 3.8) is 0 Å². The van der Waals surface area contributed by atoms with Gasteiger partial charge in [0.05, 0.1) is 6.20 Å². The van der Waals surface area contributed by atoms with Crippen LogP contribution in [0.25, 0.3) is 0 Å². The highest BCUT2D eigenvalue weighted by Gasteiger charge is 2.31. The Morgan fingerprint density at radius 1 is 1.11 bits per heavy atom. The highest BCUT2D eigenvalue weighted by molar-refractivity contribution is 7.89. The Hall–Kier alpha value is -2.58. The van der Waals surface area contributed by atoms with Gasteiger partial charge in [0.1, 0.15) is 10.7 Å². The van der Waals surface area contributed by atoms with E-state index in [-0.39, 0.29) is 16.6 Å². The first-order chi connectivity index (χ1) is 13.5. The molecule has 1 aliphatic heterocycles. The summed E-state index contributed by atoms with van der Waals surface area (Å²) < 4.78 is 39.8. The van der Waals surface area contributed by atoms with Gasteiger partial charge in [0.25, 0.3) is 0 Å². The molecule has 1 N–H and O–H groups in total. The third kappa shape index (κ3) is 3.98. The van der Waals surface area contributed by atoms with Gasteiger partial charge >= 0.3 is 0 Å². The Kier molecular flexibility index (Phi) is 5.23. The van der Waals surface area contributed by atoms with E-state index in [0.717, 1.165) is 29.8 Å². The van der Waals surface area contributed by atoms with Gasteiger partial charge < -0.3 is 0 Å². The summed E-state index contributed by atoms with van der Waals surface area (Å²) in [4.78, 5) is 4.97. The average molecular weight is 400 g/mol. The summed E-state index contributed by atoms with van der Waals surface area (Å²) in [5.74, 6) is -0.0217. The molecule has 1 saturated heterocycles. The maximum atomic E-state index is 13.1. The minimum atomic E-state index is -3.49. The molecule has 2 aromatic heterocycles. The van der Waals surface area contributed by atoms with Gasteiger partial charge in [-0.05, 0) is 42.7 Å². The van der Waals surface area contributed by atoms with Gasteiger partial charge in [-0.25, -0.2) is 12.8 Å². The molecule has 0 saturated carbocycles. The molecule has 1 aliphatic rings. The molecule has 8 heteroatoms. The zero-order valence-corrected chi connectivity index (χ0v) is 16.1. The molecule has 3 heterocycles. The van der Waals surface area contributed by atoms with Crippen LogP contribution in [0.2, 0.25) is 0 Å². The highest BCUT2D eigenvalue weighted by Crippen LogP contribution is 2.29. The second-order valence-corrected chi connectivity index (χ2v) is 8.91. The number of aromatic nitrogens is 3. The van der Waals surface area contributed by atoms with E-state index in [1.165, 1.54) is 28.8 Å². The van der Waals surface area contributed by atoms with E-state index in [2.05, 4.69) is 10.2 Å². The summed E-state index contributed by atoms with van der Waals surface area (Å²) in [5.41, 5.74) is 2.92. The van der Waals surface area contributed by atoms with E-state index in [1.54, 1.807) is 12.1 Å². The predicted octanol–water partition coefficient (Wildman–Crippen LogP) is 3.10. The molecule has 0 aliphatic carbocycles. The minimum absolute atomic E-state index is 0.199. The van der Waals surface area contributed by atoms with Crippen LogP contribution < -0.4 is 0 Å². The number of pyridine rings is 1. The van der Waals surface area contributed by atoms with Crippen LogP contribution in [0, 0.1) is 5.82 Å². The van der Waals surface area contributed by atoms with E-state index in [0.29, 0.717) is 19.5 Å². The third-order valence-electron chi connectivity index (χ3n) is 5.11. The van der Waals surface area contributed by atoms with E-state index < -0.39 is 10.0 Å². The molecule has 6 nitrogen and oxygen atoms in total. The maximum absolute atomic E-state index is 13.1. The van der Waals surface area contributed by atoms with Gasteiger partial charge in [-0.15, -0.1) is 0 Å². The molecule has 0 bridgehead atoms.